The van der Waals surface area contributed by atoms with Crippen LogP contribution in [0.2, 0.25) is 75.5 Å². The molecule has 0 bridgehead atoms. The van der Waals surface area contributed by atoms with Gasteiger partial charge in [-0.2, -0.15) is 0 Å². The van der Waals surface area contributed by atoms with Crippen molar-refractivity contribution in [1.29, 1.82) is 0 Å². The second-order valence-corrected chi connectivity index (χ2v) is 37.1. The molecule has 260 valence electrons. The second kappa shape index (κ2) is 20.4. The molecule has 0 aliphatic rings. The van der Waals surface area contributed by atoms with E-state index in [1.807, 2.05) is 0 Å². The molecule has 12 nitrogen and oxygen atoms in total. The van der Waals surface area contributed by atoms with Gasteiger partial charge in [0.15, 0.2) is 25.0 Å². The Hall–Kier alpha value is 1.04. The first-order valence-electron chi connectivity index (χ1n) is 15.0. The third-order valence-corrected chi connectivity index (χ3v) is 31.0. The van der Waals surface area contributed by atoms with Crippen LogP contribution < -0.4 is 0 Å². The number of hydrogen-bond donors (Lipinski definition) is 0. The monoisotopic (exact) mass is 740 g/mol. The quantitative estimate of drug-likeness (QED) is 0.104. The lowest BCUT2D eigenvalue weighted by Crippen LogP contribution is -2.52. The first kappa shape index (κ1) is 44.0. The molecule has 0 rings (SSSR count). The fourth-order valence-corrected chi connectivity index (χ4v) is 23.7. The fourth-order valence-electron chi connectivity index (χ4n) is 4.89. The van der Waals surface area contributed by atoms with E-state index >= 15 is 0 Å². The Morgan fingerprint density at radius 3 is 0.674 bits per heavy atom. The standard InChI is InChI=1S/C24H64O12Si7/c1-25-41(26-2,27-3)22-16-19-38(10,11)34-37(35-39(12,13)20-17-23-42(28-4,29-5)30-6)36-40(14,15)21-18-24-43(31-7,32-8)33-9/h37H,16-24H2,1-15H3. The van der Waals surface area contributed by atoms with Crippen LogP contribution in [0.25, 0.3) is 0 Å². The molecule has 0 atom stereocenters. The Morgan fingerprint density at radius 1 is 0.326 bits per heavy atom. The van der Waals surface area contributed by atoms with Gasteiger partial charge in [0, 0.05) is 82.1 Å². The zero-order valence-electron chi connectivity index (χ0n) is 29.8. The summed E-state index contributed by atoms with van der Waals surface area (Å²) in [6.45, 7) is 13.4. The zero-order chi connectivity index (χ0) is 33.4. The second-order valence-electron chi connectivity index (χ2n) is 12.4. The first-order valence-corrected chi connectivity index (χ1v) is 31.5. The summed E-state index contributed by atoms with van der Waals surface area (Å²) in [5.41, 5.74) is 0. The van der Waals surface area contributed by atoms with Crippen molar-refractivity contribution in [3.8, 4) is 0 Å². The van der Waals surface area contributed by atoms with Gasteiger partial charge in [-0.05, 0) is 76.7 Å². The van der Waals surface area contributed by atoms with Gasteiger partial charge < -0.3 is 52.2 Å². The molecule has 0 aromatic heterocycles. The lowest BCUT2D eigenvalue weighted by molar-refractivity contribution is 0.123. The largest absolute Gasteiger partial charge is 0.500 e. The van der Waals surface area contributed by atoms with Crippen molar-refractivity contribution >= 4 is 60.9 Å². The summed E-state index contributed by atoms with van der Waals surface area (Å²) >= 11 is 0. The Labute approximate surface area is 271 Å². The molecule has 0 aromatic carbocycles. The third kappa shape index (κ3) is 16.1. The van der Waals surface area contributed by atoms with Crippen molar-refractivity contribution in [2.45, 2.75) is 94.8 Å². The third-order valence-electron chi connectivity index (χ3n) is 7.83. The molecule has 0 aliphatic carbocycles. The van der Waals surface area contributed by atoms with Crippen LogP contribution in [0.15, 0.2) is 0 Å². The first-order chi connectivity index (χ1) is 20.0. The highest BCUT2D eigenvalue weighted by Crippen LogP contribution is 2.29. The van der Waals surface area contributed by atoms with Gasteiger partial charge in [0.2, 0.25) is 0 Å². The minimum atomic E-state index is -2.64. The van der Waals surface area contributed by atoms with Crippen molar-refractivity contribution in [2.24, 2.45) is 0 Å². The van der Waals surface area contributed by atoms with Gasteiger partial charge >= 0.3 is 35.9 Å². The summed E-state index contributed by atoms with van der Waals surface area (Å²) in [7, 11) is -2.01. The molecular formula is C24H64O12Si7. The summed E-state index contributed by atoms with van der Waals surface area (Å²) < 4.78 is 71.4. The van der Waals surface area contributed by atoms with Crippen LogP contribution in [-0.4, -0.2) is 125 Å². The van der Waals surface area contributed by atoms with E-state index in [0.29, 0.717) is 0 Å². The average Bonchev–Trinajstić information content (AvgIpc) is 2.95. The molecule has 0 saturated heterocycles. The Kier molecular flexibility index (Phi) is 20.9. The van der Waals surface area contributed by atoms with Crippen molar-refractivity contribution < 1.29 is 52.2 Å². The van der Waals surface area contributed by atoms with E-state index in [-0.39, 0.29) is 0 Å². The smallest absolute Gasteiger partial charge is 0.419 e. The van der Waals surface area contributed by atoms with Gasteiger partial charge in [-0.25, -0.2) is 0 Å². The van der Waals surface area contributed by atoms with Crippen LogP contribution in [0.1, 0.15) is 19.3 Å². The highest BCUT2D eigenvalue weighted by molar-refractivity contribution is 6.84. The van der Waals surface area contributed by atoms with Crippen molar-refractivity contribution in [3.05, 3.63) is 0 Å². The van der Waals surface area contributed by atoms with Crippen LogP contribution in [-0.2, 0) is 52.2 Å². The normalized spacial score (nSPS) is 14.2. The molecule has 0 heterocycles. The van der Waals surface area contributed by atoms with Crippen molar-refractivity contribution in [1.82, 2.24) is 0 Å². The van der Waals surface area contributed by atoms with E-state index < -0.39 is 60.9 Å². The lowest BCUT2D eigenvalue weighted by Gasteiger charge is -2.37. The van der Waals surface area contributed by atoms with E-state index in [1.54, 1.807) is 64.0 Å². The van der Waals surface area contributed by atoms with Gasteiger partial charge in [-0.1, -0.05) is 0 Å². The highest BCUT2D eigenvalue weighted by Gasteiger charge is 2.43. The van der Waals surface area contributed by atoms with Gasteiger partial charge in [0.05, 0.1) is 0 Å². The van der Waals surface area contributed by atoms with Crippen LogP contribution in [0.3, 0.4) is 0 Å². The minimum absolute atomic E-state index is 0.735. The molecule has 19 heteroatoms. The lowest BCUT2D eigenvalue weighted by atomic mass is 10.6. The molecule has 0 amide bonds. The number of hydrogen-bond acceptors (Lipinski definition) is 12. The van der Waals surface area contributed by atoms with Crippen LogP contribution >= 0.6 is 0 Å². The fraction of sp³-hybridized carbons (Fsp3) is 1.00. The molecule has 0 radical (unpaired) electrons. The van der Waals surface area contributed by atoms with E-state index in [9.17, 15) is 0 Å². The van der Waals surface area contributed by atoms with E-state index in [1.165, 1.54) is 0 Å². The maximum absolute atomic E-state index is 6.91. The maximum Gasteiger partial charge on any atom is 0.500 e. The summed E-state index contributed by atoms with van der Waals surface area (Å²) in [5.74, 6) is 0. The van der Waals surface area contributed by atoms with Crippen LogP contribution in [0.4, 0.5) is 0 Å². The van der Waals surface area contributed by atoms with Gasteiger partial charge in [0.25, 0.3) is 0 Å². The molecule has 0 aromatic rings. The predicted octanol–water partition coefficient (Wildman–Crippen LogP) is 5.17. The highest BCUT2D eigenvalue weighted by atomic mass is 28.5. The minimum Gasteiger partial charge on any atom is -0.419 e. The van der Waals surface area contributed by atoms with Gasteiger partial charge in [-0.15, -0.1) is 0 Å². The van der Waals surface area contributed by atoms with Gasteiger partial charge in [0.1, 0.15) is 0 Å². The average molecular weight is 741 g/mol. The molecule has 0 fully saturated rings. The summed E-state index contributed by atoms with van der Waals surface area (Å²) in [5, 5.41) is 0. The van der Waals surface area contributed by atoms with E-state index in [4.69, 9.17) is 52.2 Å². The SMILES string of the molecule is CO[Si](CCC[Si](C)(C)O[SiH](O[Si](C)(C)CCC[Si](OC)(OC)OC)O[Si](C)(C)CCC[Si](OC)(OC)OC)(OC)OC. The summed E-state index contributed by atoms with van der Waals surface area (Å²) in [6, 6.07) is 4.97. The number of rotatable bonds is 27. The Bertz CT molecular complexity index is 620. The molecule has 0 aliphatic heterocycles. The molecule has 0 saturated carbocycles. The van der Waals surface area contributed by atoms with E-state index in [2.05, 4.69) is 39.3 Å². The predicted molar refractivity (Wildman–Crippen MR) is 186 cm³/mol. The van der Waals surface area contributed by atoms with Crippen molar-refractivity contribution in [2.75, 3.05) is 64.0 Å². The molecule has 0 N–H and O–H groups in total. The topological polar surface area (TPSA) is 111 Å². The maximum atomic E-state index is 6.91. The molecule has 43 heavy (non-hydrogen) atoms. The van der Waals surface area contributed by atoms with Crippen LogP contribution in [0, 0.1) is 0 Å². The Balaban J connectivity index is 5.68. The van der Waals surface area contributed by atoms with Crippen molar-refractivity contribution in [3.63, 3.8) is 0 Å². The van der Waals surface area contributed by atoms with Crippen LogP contribution in [0.5, 0.6) is 0 Å². The zero-order valence-corrected chi connectivity index (χ0v) is 37.0. The molecule has 0 unspecified atom stereocenters. The molecule has 0 spiro atoms. The van der Waals surface area contributed by atoms with E-state index in [0.717, 1.165) is 55.5 Å². The summed E-state index contributed by atoms with van der Waals surface area (Å²) in [4.78, 5) is 0. The molecular weight excluding hydrogens is 677 g/mol. The Morgan fingerprint density at radius 2 is 0.512 bits per heavy atom. The summed E-state index contributed by atoms with van der Waals surface area (Å²) in [6.07, 6.45) is 2.66. The van der Waals surface area contributed by atoms with Gasteiger partial charge in [-0.3, -0.25) is 0 Å².